The molecule has 0 heterocycles. The Hall–Kier alpha value is -0.910. The second-order valence-corrected chi connectivity index (χ2v) is 5.61. The average molecular weight is 331 g/mol. The summed E-state index contributed by atoms with van der Waals surface area (Å²) in [7, 11) is 0. The molecule has 0 N–H and O–H groups in total. The number of halogens is 2. The molecule has 0 saturated carbocycles. The van der Waals surface area contributed by atoms with Crippen molar-refractivity contribution in [1.82, 2.24) is 0 Å². The Bertz CT molecular complexity index is 553. The van der Waals surface area contributed by atoms with Crippen LogP contribution in [0.2, 0.25) is 10.0 Å². The van der Waals surface area contributed by atoms with Gasteiger partial charge in [-0.15, -0.1) is 0 Å². The summed E-state index contributed by atoms with van der Waals surface area (Å²) in [4.78, 5) is 0. The summed E-state index contributed by atoms with van der Waals surface area (Å²) in [5, 5.41) is 1.13. The number of benzene rings is 2. The molecule has 20 heavy (non-hydrogen) atoms. The fourth-order valence-corrected chi connectivity index (χ4v) is 2.38. The number of hydrogen-bond acceptors (Lipinski definition) is 3. The van der Waals surface area contributed by atoms with Crippen molar-refractivity contribution in [2.45, 2.75) is 13.2 Å². The molecule has 0 amide bonds. The van der Waals surface area contributed by atoms with E-state index in [2.05, 4.69) is 0 Å². The standard InChI is InChI=1S/C14H12Cl2O3S/c15-13-7-3-1-5-11(13)9-18-20(17)19-10-12-6-2-4-8-14(12)16/h1-8H,9-10H2. The molecule has 106 valence electrons. The van der Waals surface area contributed by atoms with Gasteiger partial charge >= 0.3 is 11.4 Å². The van der Waals surface area contributed by atoms with Crippen LogP contribution >= 0.6 is 23.2 Å². The number of rotatable bonds is 6. The molecule has 0 aliphatic rings. The van der Waals surface area contributed by atoms with E-state index in [1.165, 1.54) is 0 Å². The minimum Gasteiger partial charge on any atom is -0.264 e. The zero-order valence-corrected chi connectivity index (χ0v) is 12.8. The highest BCUT2D eigenvalue weighted by Crippen LogP contribution is 2.18. The maximum absolute atomic E-state index is 11.6. The predicted octanol–water partition coefficient (Wildman–Crippen LogP) is 4.31. The topological polar surface area (TPSA) is 35.5 Å². The molecule has 2 rings (SSSR count). The van der Waals surface area contributed by atoms with Crippen LogP contribution in [0.5, 0.6) is 0 Å². The molecule has 6 heteroatoms. The van der Waals surface area contributed by atoms with Gasteiger partial charge in [0.2, 0.25) is 0 Å². The molecule has 3 nitrogen and oxygen atoms in total. The summed E-state index contributed by atoms with van der Waals surface area (Å²) >= 11 is 10.1. The van der Waals surface area contributed by atoms with E-state index >= 15 is 0 Å². The lowest BCUT2D eigenvalue weighted by molar-refractivity contribution is 0.237. The summed E-state index contributed by atoms with van der Waals surface area (Å²) < 4.78 is 21.8. The van der Waals surface area contributed by atoms with Crippen molar-refractivity contribution in [2.75, 3.05) is 0 Å². The maximum Gasteiger partial charge on any atom is 0.305 e. The van der Waals surface area contributed by atoms with Gasteiger partial charge in [0.05, 0.1) is 13.2 Å². The molecule has 0 fully saturated rings. The summed E-state index contributed by atoms with van der Waals surface area (Å²) in [5.74, 6) is 0. The first-order chi connectivity index (χ1) is 9.66. The third-order valence-corrected chi connectivity index (χ3v) is 3.90. The Morgan fingerprint density at radius 1 is 0.800 bits per heavy atom. The Kier molecular flexibility index (Phi) is 6.01. The highest BCUT2D eigenvalue weighted by molar-refractivity contribution is 7.75. The van der Waals surface area contributed by atoms with Crippen molar-refractivity contribution in [3.63, 3.8) is 0 Å². The van der Waals surface area contributed by atoms with E-state index in [4.69, 9.17) is 31.6 Å². The zero-order valence-electron chi connectivity index (χ0n) is 10.4. The molecular formula is C14H12Cl2O3S. The molecule has 0 aromatic heterocycles. The second-order valence-electron chi connectivity index (χ2n) is 3.91. The largest absolute Gasteiger partial charge is 0.305 e. The lowest BCUT2D eigenvalue weighted by atomic mass is 10.2. The lowest BCUT2D eigenvalue weighted by Crippen LogP contribution is -2.03. The van der Waals surface area contributed by atoms with Crippen LogP contribution in [0, 0.1) is 0 Å². The van der Waals surface area contributed by atoms with Crippen molar-refractivity contribution in [3.8, 4) is 0 Å². The van der Waals surface area contributed by atoms with Crippen molar-refractivity contribution >= 4 is 34.6 Å². The van der Waals surface area contributed by atoms with Crippen molar-refractivity contribution in [3.05, 3.63) is 69.7 Å². The minimum absolute atomic E-state index is 0.120. The Morgan fingerprint density at radius 3 is 1.60 bits per heavy atom. The summed E-state index contributed by atoms with van der Waals surface area (Å²) in [6, 6.07) is 14.4. The van der Waals surface area contributed by atoms with Gasteiger partial charge in [-0.1, -0.05) is 59.6 Å². The molecule has 0 unspecified atom stereocenters. The Labute approximate surface area is 130 Å². The van der Waals surface area contributed by atoms with Crippen LogP contribution in [-0.2, 0) is 32.9 Å². The van der Waals surface area contributed by atoms with Gasteiger partial charge in [-0.3, -0.25) is 8.37 Å². The second kappa shape index (κ2) is 7.76. The molecule has 2 aromatic carbocycles. The van der Waals surface area contributed by atoms with Gasteiger partial charge in [0.25, 0.3) is 0 Å². The van der Waals surface area contributed by atoms with Crippen molar-refractivity contribution in [2.24, 2.45) is 0 Å². The van der Waals surface area contributed by atoms with Crippen molar-refractivity contribution in [1.29, 1.82) is 0 Å². The quantitative estimate of drug-likeness (QED) is 0.791. The molecule has 0 bridgehead atoms. The van der Waals surface area contributed by atoms with Gasteiger partial charge in [0.15, 0.2) is 0 Å². The van der Waals surface area contributed by atoms with Crippen LogP contribution < -0.4 is 0 Å². The average Bonchev–Trinajstić information content (AvgIpc) is 2.45. The van der Waals surface area contributed by atoms with E-state index in [0.717, 1.165) is 11.1 Å². The van der Waals surface area contributed by atoms with Crippen molar-refractivity contribution < 1.29 is 12.6 Å². The van der Waals surface area contributed by atoms with E-state index in [1.807, 2.05) is 24.3 Å². The van der Waals surface area contributed by atoms with E-state index < -0.39 is 11.4 Å². The monoisotopic (exact) mass is 330 g/mol. The van der Waals surface area contributed by atoms with E-state index in [0.29, 0.717) is 10.0 Å². The first kappa shape index (κ1) is 15.5. The molecule has 0 spiro atoms. The van der Waals surface area contributed by atoms with Gasteiger partial charge in [-0.05, 0) is 23.3 Å². The van der Waals surface area contributed by atoms with Crippen LogP contribution in [0.15, 0.2) is 48.5 Å². The van der Waals surface area contributed by atoms with Gasteiger partial charge in [-0.25, -0.2) is 0 Å². The molecule has 0 aliphatic carbocycles. The predicted molar refractivity (Wildman–Crippen MR) is 80.6 cm³/mol. The van der Waals surface area contributed by atoms with Crippen LogP contribution in [-0.4, -0.2) is 4.21 Å². The van der Waals surface area contributed by atoms with Crippen LogP contribution in [0.3, 0.4) is 0 Å². The van der Waals surface area contributed by atoms with E-state index in [9.17, 15) is 4.21 Å². The fraction of sp³-hybridized carbons (Fsp3) is 0.143. The Balaban J connectivity index is 1.82. The highest BCUT2D eigenvalue weighted by atomic mass is 35.5. The third-order valence-electron chi connectivity index (χ3n) is 2.54. The summed E-state index contributed by atoms with van der Waals surface area (Å²) in [6.45, 7) is 0.240. The summed E-state index contributed by atoms with van der Waals surface area (Å²) in [6.07, 6.45) is 0. The maximum atomic E-state index is 11.6. The zero-order chi connectivity index (χ0) is 14.4. The van der Waals surface area contributed by atoms with Gasteiger partial charge in [0, 0.05) is 10.0 Å². The molecule has 0 aliphatic heterocycles. The SMILES string of the molecule is O=S(OCc1ccccc1Cl)OCc1ccccc1Cl. The Morgan fingerprint density at radius 2 is 1.20 bits per heavy atom. The fourth-order valence-electron chi connectivity index (χ4n) is 1.49. The highest BCUT2D eigenvalue weighted by Gasteiger charge is 2.06. The van der Waals surface area contributed by atoms with Gasteiger partial charge < -0.3 is 0 Å². The lowest BCUT2D eigenvalue weighted by Gasteiger charge is -2.06. The minimum atomic E-state index is -1.85. The first-order valence-corrected chi connectivity index (χ1v) is 7.57. The molecule has 0 radical (unpaired) electrons. The first-order valence-electron chi connectivity index (χ1n) is 5.82. The van der Waals surface area contributed by atoms with Crippen LogP contribution in [0.25, 0.3) is 0 Å². The molecule has 0 atom stereocenters. The third kappa shape index (κ3) is 4.58. The normalized spacial score (nSPS) is 10.9. The molecule has 2 aromatic rings. The van der Waals surface area contributed by atoms with Crippen LogP contribution in [0.1, 0.15) is 11.1 Å². The van der Waals surface area contributed by atoms with Gasteiger partial charge in [0.1, 0.15) is 0 Å². The van der Waals surface area contributed by atoms with E-state index in [1.54, 1.807) is 24.3 Å². The van der Waals surface area contributed by atoms with Crippen LogP contribution in [0.4, 0.5) is 0 Å². The van der Waals surface area contributed by atoms with Gasteiger partial charge in [-0.2, -0.15) is 4.21 Å². The summed E-state index contributed by atoms with van der Waals surface area (Å²) in [5.41, 5.74) is 1.51. The molecule has 0 saturated heterocycles. The number of hydrogen-bond donors (Lipinski definition) is 0. The molecular weight excluding hydrogens is 319 g/mol. The smallest absolute Gasteiger partial charge is 0.264 e. The van der Waals surface area contributed by atoms with E-state index in [-0.39, 0.29) is 13.2 Å².